The standard InChI is InChI=1S/C20H30N4O3/c1-3-9-27-13-19(26)23-8-4-6-20(14-23)7-5-18(25)24(15-20)12-17-11-21-16(2)10-22-17/h10-11H,3-9,12-15H2,1-2H3. The van der Waals surface area contributed by atoms with Crippen LogP contribution in [0, 0.1) is 12.3 Å². The molecule has 0 saturated carbocycles. The van der Waals surface area contributed by atoms with E-state index in [2.05, 4.69) is 9.97 Å². The first-order valence-corrected chi connectivity index (χ1v) is 9.92. The Kier molecular flexibility index (Phi) is 6.42. The van der Waals surface area contributed by atoms with Crippen molar-refractivity contribution < 1.29 is 14.3 Å². The van der Waals surface area contributed by atoms with E-state index in [0.29, 0.717) is 32.7 Å². The van der Waals surface area contributed by atoms with Crippen molar-refractivity contribution in [3.63, 3.8) is 0 Å². The Morgan fingerprint density at radius 1 is 1.26 bits per heavy atom. The van der Waals surface area contributed by atoms with Gasteiger partial charge in [0.05, 0.1) is 24.1 Å². The highest BCUT2D eigenvalue weighted by molar-refractivity contribution is 5.78. The number of amides is 2. The van der Waals surface area contributed by atoms with E-state index < -0.39 is 0 Å². The SMILES string of the molecule is CCCOCC(=O)N1CCCC2(CCC(=O)N(Cc3cnc(C)cn3)C2)C1. The lowest BCUT2D eigenvalue weighted by molar-refractivity contribution is -0.146. The molecule has 7 heteroatoms. The first-order valence-electron chi connectivity index (χ1n) is 9.92. The molecule has 2 fully saturated rings. The van der Waals surface area contributed by atoms with Gasteiger partial charge in [-0.25, -0.2) is 0 Å². The second kappa shape index (κ2) is 8.78. The highest BCUT2D eigenvalue weighted by atomic mass is 16.5. The third-order valence-corrected chi connectivity index (χ3v) is 5.52. The Balaban J connectivity index is 1.63. The van der Waals surface area contributed by atoms with Gasteiger partial charge in [0.2, 0.25) is 11.8 Å². The number of carbonyl (C=O) groups is 2. The molecule has 7 nitrogen and oxygen atoms in total. The zero-order valence-electron chi connectivity index (χ0n) is 16.4. The van der Waals surface area contributed by atoms with Crippen LogP contribution in [0.3, 0.4) is 0 Å². The van der Waals surface area contributed by atoms with Crippen molar-refractivity contribution in [1.29, 1.82) is 0 Å². The van der Waals surface area contributed by atoms with Crippen molar-refractivity contribution in [2.24, 2.45) is 5.41 Å². The van der Waals surface area contributed by atoms with Gasteiger partial charge in [0.15, 0.2) is 0 Å². The van der Waals surface area contributed by atoms with E-state index in [1.807, 2.05) is 23.6 Å². The second-order valence-electron chi connectivity index (χ2n) is 7.87. The van der Waals surface area contributed by atoms with Gasteiger partial charge in [-0.2, -0.15) is 0 Å². The quantitative estimate of drug-likeness (QED) is 0.712. The van der Waals surface area contributed by atoms with Gasteiger partial charge in [-0.3, -0.25) is 19.6 Å². The predicted molar refractivity (Wildman–Crippen MR) is 101 cm³/mol. The number of aryl methyl sites for hydroxylation is 1. The molecule has 0 bridgehead atoms. The van der Waals surface area contributed by atoms with Crippen molar-refractivity contribution in [3.05, 3.63) is 23.8 Å². The summed E-state index contributed by atoms with van der Waals surface area (Å²) in [6.07, 6.45) is 7.80. The zero-order valence-corrected chi connectivity index (χ0v) is 16.4. The number of hydrogen-bond acceptors (Lipinski definition) is 5. The summed E-state index contributed by atoms with van der Waals surface area (Å²) in [5.74, 6) is 0.230. The van der Waals surface area contributed by atoms with Crippen LogP contribution in [-0.4, -0.2) is 64.4 Å². The molecule has 27 heavy (non-hydrogen) atoms. The average Bonchev–Trinajstić information content (AvgIpc) is 2.67. The molecule has 1 spiro atoms. The maximum Gasteiger partial charge on any atom is 0.248 e. The van der Waals surface area contributed by atoms with Crippen LogP contribution in [0.5, 0.6) is 0 Å². The maximum absolute atomic E-state index is 12.5. The van der Waals surface area contributed by atoms with Crippen LogP contribution in [0.15, 0.2) is 12.4 Å². The number of aromatic nitrogens is 2. The largest absolute Gasteiger partial charge is 0.372 e. The topological polar surface area (TPSA) is 75.6 Å². The zero-order chi connectivity index (χ0) is 19.3. The molecule has 1 unspecified atom stereocenters. The fraction of sp³-hybridized carbons (Fsp3) is 0.700. The number of nitrogens with zero attached hydrogens (tertiary/aromatic N) is 4. The van der Waals surface area contributed by atoms with E-state index in [-0.39, 0.29) is 23.8 Å². The normalized spacial score (nSPS) is 23.1. The van der Waals surface area contributed by atoms with Crippen LogP contribution >= 0.6 is 0 Å². The molecule has 2 aliphatic rings. The van der Waals surface area contributed by atoms with Crippen LogP contribution in [0.25, 0.3) is 0 Å². The maximum atomic E-state index is 12.5. The lowest BCUT2D eigenvalue weighted by Crippen LogP contribution is -2.55. The van der Waals surface area contributed by atoms with Gasteiger partial charge in [-0.1, -0.05) is 6.92 Å². The van der Waals surface area contributed by atoms with Crippen LogP contribution in [0.1, 0.15) is 50.4 Å². The summed E-state index contributed by atoms with van der Waals surface area (Å²) in [5, 5.41) is 0. The summed E-state index contributed by atoms with van der Waals surface area (Å²) < 4.78 is 5.43. The number of carbonyl (C=O) groups excluding carboxylic acids is 2. The summed E-state index contributed by atoms with van der Waals surface area (Å²) >= 11 is 0. The van der Waals surface area contributed by atoms with Crippen molar-refractivity contribution in [2.75, 3.05) is 32.8 Å². The van der Waals surface area contributed by atoms with Gasteiger partial charge < -0.3 is 14.5 Å². The van der Waals surface area contributed by atoms with E-state index >= 15 is 0 Å². The summed E-state index contributed by atoms with van der Waals surface area (Å²) in [6.45, 7) is 7.37. The van der Waals surface area contributed by atoms with Gasteiger partial charge in [0.1, 0.15) is 6.61 Å². The molecular weight excluding hydrogens is 344 g/mol. The number of hydrogen-bond donors (Lipinski definition) is 0. The van der Waals surface area contributed by atoms with E-state index in [0.717, 1.165) is 43.6 Å². The minimum Gasteiger partial charge on any atom is -0.372 e. The fourth-order valence-electron chi connectivity index (χ4n) is 4.09. The third kappa shape index (κ3) is 5.03. The molecule has 0 radical (unpaired) electrons. The van der Waals surface area contributed by atoms with Crippen LogP contribution < -0.4 is 0 Å². The van der Waals surface area contributed by atoms with Gasteiger partial charge in [0, 0.05) is 44.3 Å². The predicted octanol–water partition coefficient (Wildman–Crippen LogP) is 1.94. The first-order chi connectivity index (χ1) is 13.0. The van der Waals surface area contributed by atoms with Gasteiger partial charge in [-0.15, -0.1) is 0 Å². The first kappa shape index (κ1) is 19.7. The molecular formula is C20H30N4O3. The summed E-state index contributed by atoms with van der Waals surface area (Å²) in [7, 11) is 0. The Labute approximate surface area is 161 Å². The van der Waals surface area contributed by atoms with Crippen molar-refractivity contribution >= 4 is 11.8 Å². The highest BCUT2D eigenvalue weighted by Gasteiger charge is 2.42. The molecule has 0 N–H and O–H groups in total. The number of likely N-dealkylation sites (tertiary alicyclic amines) is 2. The lowest BCUT2D eigenvalue weighted by atomic mass is 9.73. The Hall–Kier alpha value is -2.02. The molecule has 1 aromatic rings. The minimum atomic E-state index is -0.00922. The molecule has 2 aliphatic heterocycles. The minimum absolute atomic E-state index is 0.00922. The van der Waals surface area contributed by atoms with Gasteiger partial charge >= 0.3 is 0 Å². The van der Waals surface area contributed by atoms with Crippen LogP contribution in [0.2, 0.25) is 0 Å². The van der Waals surface area contributed by atoms with Crippen molar-refractivity contribution in [3.8, 4) is 0 Å². The number of ether oxygens (including phenoxy) is 1. The van der Waals surface area contributed by atoms with Gasteiger partial charge in [0.25, 0.3) is 0 Å². The Bertz CT molecular complexity index is 664. The third-order valence-electron chi connectivity index (χ3n) is 5.52. The Morgan fingerprint density at radius 2 is 2.11 bits per heavy atom. The molecule has 2 saturated heterocycles. The monoisotopic (exact) mass is 374 g/mol. The van der Waals surface area contributed by atoms with E-state index in [1.54, 1.807) is 12.4 Å². The highest BCUT2D eigenvalue weighted by Crippen LogP contribution is 2.39. The molecule has 2 amide bonds. The number of rotatable bonds is 6. The molecule has 148 valence electrons. The number of piperidine rings is 2. The molecule has 3 rings (SSSR count). The van der Waals surface area contributed by atoms with Crippen molar-refractivity contribution in [2.45, 2.75) is 52.5 Å². The fourth-order valence-corrected chi connectivity index (χ4v) is 4.09. The second-order valence-corrected chi connectivity index (χ2v) is 7.87. The lowest BCUT2D eigenvalue weighted by Gasteiger charge is -2.48. The van der Waals surface area contributed by atoms with E-state index in [1.165, 1.54) is 0 Å². The molecule has 0 aromatic carbocycles. The van der Waals surface area contributed by atoms with Crippen LogP contribution in [0.4, 0.5) is 0 Å². The smallest absolute Gasteiger partial charge is 0.248 e. The molecule has 1 atom stereocenters. The van der Waals surface area contributed by atoms with Crippen molar-refractivity contribution in [1.82, 2.24) is 19.8 Å². The summed E-state index contributed by atoms with van der Waals surface area (Å²) in [4.78, 5) is 37.4. The van der Waals surface area contributed by atoms with E-state index in [9.17, 15) is 9.59 Å². The van der Waals surface area contributed by atoms with E-state index in [4.69, 9.17) is 4.74 Å². The summed E-state index contributed by atoms with van der Waals surface area (Å²) in [6, 6.07) is 0. The molecule has 3 heterocycles. The van der Waals surface area contributed by atoms with Gasteiger partial charge in [-0.05, 0) is 32.6 Å². The molecule has 1 aromatic heterocycles. The Morgan fingerprint density at radius 3 is 2.85 bits per heavy atom. The molecule has 0 aliphatic carbocycles. The van der Waals surface area contributed by atoms with Crippen LogP contribution in [-0.2, 0) is 20.9 Å². The summed E-state index contributed by atoms with van der Waals surface area (Å²) in [5.41, 5.74) is 1.67. The average molecular weight is 374 g/mol.